The molecule has 0 amide bonds. The Morgan fingerprint density at radius 1 is 0.850 bits per heavy atom. The number of aryl methyl sites for hydroxylation is 1. The average molecular weight is 279 g/mol. The summed E-state index contributed by atoms with van der Waals surface area (Å²) in [5, 5.41) is 3.55. The van der Waals surface area contributed by atoms with Crippen molar-refractivity contribution in [3.05, 3.63) is 76.5 Å². The van der Waals surface area contributed by atoms with Gasteiger partial charge >= 0.3 is 0 Å². The molecule has 20 heavy (non-hydrogen) atoms. The van der Waals surface area contributed by atoms with E-state index in [9.17, 15) is 0 Å². The Bertz CT molecular complexity index is 685. The highest BCUT2D eigenvalue weighted by Crippen LogP contribution is 2.28. The summed E-state index contributed by atoms with van der Waals surface area (Å²) in [4.78, 5) is 2.73. The van der Waals surface area contributed by atoms with E-state index in [1.54, 1.807) is 0 Å². The van der Waals surface area contributed by atoms with E-state index < -0.39 is 0 Å². The van der Waals surface area contributed by atoms with Crippen molar-refractivity contribution < 1.29 is 0 Å². The summed E-state index contributed by atoms with van der Waals surface area (Å²) in [6, 6.07) is 23.3. The highest BCUT2D eigenvalue weighted by Gasteiger charge is 2.04. The van der Waals surface area contributed by atoms with Crippen molar-refractivity contribution in [1.29, 1.82) is 0 Å². The summed E-state index contributed by atoms with van der Waals surface area (Å²) < 4.78 is 0. The zero-order chi connectivity index (χ0) is 13.8. The standard InChI is InChI=1S/C18H17NS/c1-14-11-12-16(20-14)13-19-18-10-6-5-9-17(18)15-7-3-2-4-8-15/h2-12,19H,13H2,1H3. The zero-order valence-electron chi connectivity index (χ0n) is 11.5. The first-order chi connectivity index (χ1) is 9.83. The third-order valence-corrected chi connectivity index (χ3v) is 4.26. The van der Waals surface area contributed by atoms with E-state index in [1.807, 2.05) is 17.4 Å². The Morgan fingerprint density at radius 3 is 2.35 bits per heavy atom. The van der Waals surface area contributed by atoms with Crippen LogP contribution in [0.25, 0.3) is 11.1 Å². The van der Waals surface area contributed by atoms with Crippen LogP contribution in [-0.2, 0) is 6.54 Å². The molecule has 100 valence electrons. The van der Waals surface area contributed by atoms with Gasteiger partial charge in [-0.05, 0) is 30.7 Å². The maximum absolute atomic E-state index is 3.55. The molecule has 0 fully saturated rings. The first kappa shape index (κ1) is 12.9. The maximum Gasteiger partial charge on any atom is 0.0494 e. The number of rotatable bonds is 4. The molecule has 0 atom stereocenters. The summed E-state index contributed by atoms with van der Waals surface area (Å²) >= 11 is 1.85. The highest BCUT2D eigenvalue weighted by molar-refractivity contribution is 7.11. The second-order valence-electron chi connectivity index (χ2n) is 4.78. The van der Waals surface area contributed by atoms with Gasteiger partial charge in [-0.25, -0.2) is 0 Å². The number of anilines is 1. The largest absolute Gasteiger partial charge is 0.380 e. The minimum Gasteiger partial charge on any atom is -0.380 e. The molecule has 0 aliphatic rings. The molecule has 3 rings (SSSR count). The van der Waals surface area contributed by atoms with Gasteiger partial charge in [0.25, 0.3) is 0 Å². The first-order valence-electron chi connectivity index (χ1n) is 6.76. The SMILES string of the molecule is Cc1ccc(CNc2ccccc2-c2ccccc2)s1. The fraction of sp³-hybridized carbons (Fsp3) is 0.111. The predicted octanol–water partition coefficient (Wildman–Crippen LogP) is 5.34. The van der Waals surface area contributed by atoms with Crippen LogP contribution in [0.3, 0.4) is 0 Å². The fourth-order valence-corrected chi connectivity index (χ4v) is 3.10. The second-order valence-corrected chi connectivity index (χ2v) is 6.15. The molecule has 0 saturated carbocycles. The molecule has 1 aromatic heterocycles. The van der Waals surface area contributed by atoms with Crippen molar-refractivity contribution in [3.63, 3.8) is 0 Å². The van der Waals surface area contributed by atoms with E-state index in [2.05, 4.69) is 72.9 Å². The lowest BCUT2D eigenvalue weighted by Crippen LogP contribution is -1.99. The Kier molecular flexibility index (Phi) is 3.84. The van der Waals surface area contributed by atoms with Crippen LogP contribution < -0.4 is 5.32 Å². The topological polar surface area (TPSA) is 12.0 Å². The van der Waals surface area contributed by atoms with Gasteiger partial charge in [0.15, 0.2) is 0 Å². The molecule has 1 N–H and O–H groups in total. The summed E-state index contributed by atoms with van der Waals surface area (Å²) in [6.07, 6.45) is 0. The molecule has 0 aliphatic carbocycles. The predicted molar refractivity (Wildman–Crippen MR) is 88.3 cm³/mol. The third kappa shape index (κ3) is 2.91. The summed E-state index contributed by atoms with van der Waals surface area (Å²) in [5.41, 5.74) is 3.68. The number of nitrogens with one attached hydrogen (secondary N) is 1. The van der Waals surface area contributed by atoms with E-state index in [0.717, 1.165) is 6.54 Å². The van der Waals surface area contributed by atoms with Crippen molar-refractivity contribution >= 4 is 17.0 Å². The lowest BCUT2D eigenvalue weighted by molar-refractivity contribution is 1.19. The monoisotopic (exact) mass is 279 g/mol. The normalized spacial score (nSPS) is 10.4. The number of hydrogen-bond acceptors (Lipinski definition) is 2. The van der Waals surface area contributed by atoms with Gasteiger partial charge in [0.05, 0.1) is 0 Å². The number of para-hydroxylation sites is 1. The van der Waals surface area contributed by atoms with Gasteiger partial charge in [-0.2, -0.15) is 0 Å². The molecule has 3 aromatic rings. The van der Waals surface area contributed by atoms with Crippen LogP contribution in [0.1, 0.15) is 9.75 Å². The number of hydrogen-bond donors (Lipinski definition) is 1. The minimum atomic E-state index is 0.877. The van der Waals surface area contributed by atoms with Crippen molar-refractivity contribution in [2.45, 2.75) is 13.5 Å². The van der Waals surface area contributed by atoms with Crippen molar-refractivity contribution in [1.82, 2.24) is 0 Å². The fourth-order valence-electron chi connectivity index (χ4n) is 2.27. The summed E-state index contributed by atoms with van der Waals surface area (Å²) in [7, 11) is 0. The molecule has 2 heteroatoms. The van der Waals surface area contributed by atoms with E-state index in [0.29, 0.717) is 0 Å². The molecule has 0 spiro atoms. The van der Waals surface area contributed by atoms with Crippen LogP contribution in [0.2, 0.25) is 0 Å². The molecule has 0 radical (unpaired) electrons. The van der Waals surface area contributed by atoms with E-state index in [1.165, 1.54) is 26.6 Å². The third-order valence-electron chi connectivity index (χ3n) is 3.26. The Balaban J connectivity index is 1.83. The van der Waals surface area contributed by atoms with E-state index >= 15 is 0 Å². The molecule has 0 unspecified atom stereocenters. The lowest BCUT2D eigenvalue weighted by Gasteiger charge is -2.11. The van der Waals surface area contributed by atoms with Crippen LogP contribution in [-0.4, -0.2) is 0 Å². The molecule has 2 aromatic carbocycles. The Morgan fingerprint density at radius 2 is 1.60 bits per heavy atom. The zero-order valence-corrected chi connectivity index (χ0v) is 12.3. The lowest BCUT2D eigenvalue weighted by atomic mass is 10.0. The summed E-state index contributed by atoms with van der Waals surface area (Å²) in [6.45, 7) is 3.02. The molecule has 0 saturated heterocycles. The quantitative estimate of drug-likeness (QED) is 0.680. The first-order valence-corrected chi connectivity index (χ1v) is 7.58. The highest BCUT2D eigenvalue weighted by atomic mass is 32.1. The molecule has 0 bridgehead atoms. The van der Waals surface area contributed by atoms with E-state index in [-0.39, 0.29) is 0 Å². The van der Waals surface area contributed by atoms with Crippen molar-refractivity contribution in [3.8, 4) is 11.1 Å². The Labute approximate surface area is 123 Å². The average Bonchev–Trinajstić information content (AvgIpc) is 2.92. The molecule has 1 heterocycles. The van der Waals surface area contributed by atoms with Crippen molar-refractivity contribution in [2.24, 2.45) is 0 Å². The summed E-state index contributed by atoms with van der Waals surface area (Å²) in [5.74, 6) is 0. The van der Waals surface area contributed by atoms with Crippen LogP contribution in [0.5, 0.6) is 0 Å². The maximum atomic E-state index is 3.55. The second kappa shape index (κ2) is 5.93. The minimum absolute atomic E-state index is 0.877. The van der Waals surface area contributed by atoms with Gasteiger partial charge in [-0.3, -0.25) is 0 Å². The molecular weight excluding hydrogens is 262 g/mol. The van der Waals surface area contributed by atoms with Crippen LogP contribution in [0, 0.1) is 6.92 Å². The molecule has 0 aliphatic heterocycles. The van der Waals surface area contributed by atoms with Crippen LogP contribution in [0.4, 0.5) is 5.69 Å². The van der Waals surface area contributed by atoms with Gasteiger partial charge in [0, 0.05) is 27.5 Å². The van der Waals surface area contributed by atoms with Gasteiger partial charge < -0.3 is 5.32 Å². The number of thiophene rings is 1. The number of benzene rings is 2. The van der Waals surface area contributed by atoms with Gasteiger partial charge in [0.2, 0.25) is 0 Å². The van der Waals surface area contributed by atoms with E-state index in [4.69, 9.17) is 0 Å². The molecular formula is C18H17NS. The van der Waals surface area contributed by atoms with Gasteiger partial charge in [-0.15, -0.1) is 11.3 Å². The molecule has 1 nitrogen and oxygen atoms in total. The smallest absolute Gasteiger partial charge is 0.0494 e. The van der Waals surface area contributed by atoms with Crippen LogP contribution in [0.15, 0.2) is 66.7 Å². The Hall–Kier alpha value is -2.06. The van der Waals surface area contributed by atoms with Crippen molar-refractivity contribution in [2.75, 3.05) is 5.32 Å². The van der Waals surface area contributed by atoms with Gasteiger partial charge in [-0.1, -0.05) is 48.5 Å². The van der Waals surface area contributed by atoms with Gasteiger partial charge in [0.1, 0.15) is 0 Å². The van der Waals surface area contributed by atoms with Crippen LogP contribution >= 0.6 is 11.3 Å².